The summed E-state index contributed by atoms with van der Waals surface area (Å²) >= 11 is 0. The molecule has 2 N–H and O–H groups in total. The number of aromatic nitrogens is 2. The van der Waals surface area contributed by atoms with Gasteiger partial charge < -0.3 is 0 Å². The maximum atomic E-state index is 12.1. The largest absolute Gasteiger partial charge is 0.389 e. The highest BCUT2D eigenvalue weighted by Crippen LogP contribution is 2.24. The molecule has 1 rings (SSSR count). The Kier molecular flexibility index (Phi) is 5.20. The molecule has 20 heavy (non-hydrogen) atoms. The lowest BCUT2D eigenvalue weighted by Crippen LogP contribution is -2.16. The van der Waals surface area contributed by atoms with Gasteiger partial charge >= 0.3 is 6.18 Å². The highest BCUT2D eigenvalue weighted by Gasteiger charge is 2.28. The number of halogens is 3. The molecule has 5 nitrogen and oxygen atoms in total. The van der Waals surface area contributed by atoms with Gasteiger partial charge in [-0.05, 0) is 19.3 Å². The number of rotatable bonds is 6. The normalized spacial score (nSPS) is 12.9. The first-order valence-electron chi connectivity index (χ1n) is 6.28. The van der Waals surface area contributed by atoms with Crippen molar-refractivity contribution in [3.63, 3.8) is 0 Å². The summed E-state index contributed by atoms with van der Waals surface area (Å²) in [5.74, 6) is 0. The van der Waals surface area contributed by atoms with Crippen molar-refractivity contribution in [2.45, 2.75) is 57.1 Å². The average Bonchev–Trinajstić information content (AvgIpc) is 2.65. The van der Waals surface area contributed by atoms with Crippen LogP contribution in [0, 0.1) is 0 Å². The Labute approximate surface area is 116 Å². The molecule has 0 aliphatic heterocycles. The zero-order valence-electron chi connectivity index (χ0n) is 11.4. The van der Waals surface area contributed by atoms with Crippen LogP contribution in [0.25, 0.3) is 0 Å². The topological polar surface area (TPSA) is 78.0 Å². The molecule has 0 spiro atoms. The van der Waals surface area contributed by atoms with Gasteiger partial charge in [-0.3, -0.25) is 4.68 Å². The molecule has 0 bridgehead atoms. The standard InChI is InChI=1S/C11H18F3N3O2S/c1-3-8-10(20(15,18)19)9(4-2)17(16-8)7-5-6-11(12,13)14/h3-7H2,1-2H3,(H2,15,18,19). The summed E-state index contributed by atoms with van der Waals surface area (Å²) in [5.41, 5.74) is 0.669. The van der Waals surface area contributed by atoms with Crippen molar-refractivity contribution in [3.8, 4) is 0 Å². The highest BCUT2D eigenvalue weighted by molar-refractivity contribution is 7.89. The lowest BCUT2D eigenvalue weighted by atomic mass is 10.2. The van der Waals surface area contributed by atoms with E-state index < -0.39 is 22.6 Å². The summed E-state index contributed by atoms with van der Waals surface area (Å²) < 4.78 is 60.9. The van der Waals surface area contributed by atoms with Crippen molar-refractivity contribution in [1.82, 2.24) is 9.78 Å². The van der Waals surface area contributed by atoms with Gasteiger partial charge in [-0.15, -0.1) is 0 Å². The lowest BCUT2D eigenvalue weighted by molar-refractivity contribution is -0.136. The number of alkyl halides is 3. The van der Waals surface area contributed by atoms with Gasteiger partial charge in [-0.25, -0.2) is 13.6 Å². The van der Waals surface area contributed by atoms with Crippen molar-refractivity contribution in [1.29, 1.82) is 0 Å². The molecule has 0 aromatic carbocycles. The smallest absolute Gasteiger partial charge is 0.268 e. The van der Waals surface area contributed by atoms with Crippen molar-refractivity contribution in [2.75, 3.05) is 0 Å². The van der Waals surface area contributed by atoms with Gasteiger partial charge in [0.15, 0.2) is 0 Å². The molecule has 1 aromatic rings. The molecule has 1 heterocycles. The Morgan fingerprint density at radius 3 is 2.25 bits per heavy atom. The van der Waals surface area contributed by atoms with Crippen LogP contribution >= 0.6 is 0 Å². The molecule has 0 saturated heterocycles. The Bertz CT molecular complexity index is 564. The zero-order valence-corrected chi connectivity index (χ0v) is 12.2. The van der Waals surface area contributed by atoms with E-state index in [1.54, 1.807) is 13.8 Å². The van der Waals surface area contributed by atoms with Gasteiger partial charge in [-0.2, -0.15) is 18.3 Å². The number of primary sulfonamides is 1. The SMILES string of the molecule is CCc1nn(CCCC(F)(F)F)c(CC)c1S(N)(=O)=O. The lowest BCUT2D eigenvalue weighted by Gasteiger charge is -2.08. The van der Waals surface area contributed by atoms with E-state index in [0.717, 1.165) is 0 Å². The van der Waals surface area contributed by atoms with Crippen molar-refractivity contribution in [3.05, 3.63) is 11.4 Å². The Morgan fingerprint density at radius 1 is 1.25 bits per heavy atom. The quantitative estimate of drug-likeness (QED) is 0.872. The Hall–Kier alpha value is -1.09. The fourth-order valence-corrected chi connectivity index (χ4v) is 3.14. The van der Waals surface area contributed by atoms with E-state index in [4.69, 9.17) is 5.14 Å². The average molecular weight is 313 g/mol. The third-order valence-corrected chi connectivity index (χ3v) is 3.90. The maximum absolute atomic E-state index is 12.1. The summed E-state index contributed by atoms with van der Waals surface area (Å²) in [6.07, 6.45) is -4.61. The molecule has 0 fully saturated rings. The molecular formula is C11H18F3N3O2S. The molecule has 0 aliphatic carbocycles. The number of sulfonamides is 1. The summed E-state index contributed by atoms with van der Waals surface area (Å²) in [7, 11) is -3.93. The van der Waals surface area contributed by atoms with Gasteiger partial charge in [0.1, 0.15) is 4.90 Å². The molecule has 0 amide bonds. The molecule has 0 saturated carbocycles. The zero-order chi connectivity index (χ0) is 15.6. The molecule has 1 aromatic heterocycles. The second-order valence-electron chi connectivity index (χ2n) is 4.42. The van der Waals surface area contributed by atoms with Gasteiger partial charge in [0, 0.05) is 13.0 Å². The number of aryl methyl sites for hydroxylation is 2. The van der Waals surface area contributed by atoms with Gasteiger partial charge in [-0.1, -0.05) is 13.8 Å². The van der Waals surface area contributed by atoms with E-state index in [1.165, 1.54) is 4.68 Å². The van der Waals surface area contributed by atoms with Crippen LogP contribution in [0.4, 0.5) is 13.2 Å². The van der Waals surface area contributed by atoms with Gasteiger partial charge in [0.05, 0.1) is 11.4 Å². The molecule has 116 valence electrons. The second-order valence-corrected chi connectivity index (χ2v) is 5.91. The van der Waals surface area contributed by atoms with E-state index in [1.807, 2.05) is 0 Å². The fourth-order valence-electron chi connectivity index (χ4n) is 2.05. The minimum absolute atomic E-state index is 0.0191. The fraction of sp³-hybridized carbons (Fsp3) is 0.727. The first-order chi connectivity index (χ1) is 9.10. The maximum Gasteiger partial charge on any atom is 0.389 e. The summed E-state index contributed by atoms with van der Waals surface area (Å²) in [5, 5.41) is 9.24. The second kappa shape index (κ2) is 6.13. The molecule has 9 heteroatoms. The number of nitrogens with two attached hydrogens (primary N) is 1. The van der Waals surface area contributed by atoms with Crippen LogP contribution in [-0.2, 0) is 29.4 Å². The first-order valence-corrected chi connectivity index (χ1v) is 7.82. The van der Waals surface area contributed by atoms with Crippen LogP contribution in [-0.4, -0.2) is 24.4 Å². The van der Waals surface area contributed by atoms with E-state index in [9.17, 15) is 21.6 Å². The number of hydrogen-bond donors (Lipinski definition) is 1. The van der Waals surface area contributed by atoms with Crippen LogP contribution < -0.4 is 5.14 Å². The predicted molar refractivity (Wildman–Crippen MR) is 67.6 cm³/mol. The summed E-state index contributed by atoms with van der Waals surface area (Å²) in [6.45, 7) is 3.45. The summed E-state index contributed by atoms with van der Waals surface area (Å²) in [4.78, 5) is -0.0468. The number of hydrogen-bond acceptors (Lipinski definition) is 3. The molecule has 0 atom stereocenters. The van der Waals surface area contributed by atoms with Gasteiger partial charge in [0.2, 0.25) is 10.0 Å². The van der Waals surface area contributed by atoms with Crippen LogP contribution in [0.3, 0.4) is 0 Å². The highest BCUT2D eigenvalue weighted by atomic mass is 32.2. The van der Waals surface area contributed by atoms with Crippen molar-refractivity contribution < 1.29 is 21.6 Å². The van der Waals surface area contributed by atoms with E-state index in [2.05, 4.69) is 5.10 Å². The monoisotopic (exact) mass is 313 g/mol. The summed E-state index contributed by atoms with van der Waals surface area (Å²) in [6, 6.07) is 0. The van der Waals surface area contributed by atoms with Crippen LogP contribution in [0.5, 0.6) is 0 Å². The van der Waals surface area contributed by atoms with E-state index in [0.29, 0.717) is 24.2 Å². The molecule has 0 radical (unpaired) electrons. The third kappa shape index (κ3) is 4.20. The van der Waals surface area contributed by atoms with Crippen LogP contribution in [0.2, 0.25) is 0 Å². The van der Waals surface area contributed by atoms with Gasteiger partial charge in [0.25, 0.3) is 0 Å². The van der Waals surface area contributed by atoms with E-state index >= 15 is 0 Å². The molecule has 0 unspecified atom stereocenters. The predicted octanol–water partition coefficient (Wildman–Crippen LogP) is 2.00. The van der Waals surface area contributed by atoms with Crippen molar-refractivity contribution >= 4 is 10.0 Å². The van der Waals surface area contributed by atoms with Crippen LogP contribution in [0.1, 0.15) is 38.1 Å². The third-order valence-electron chi connectivity index (χ3n) is 2.86. The van der Waals surface area contributed by atoms with Crippen molar-refractivity contribution in [2.24, 2.45) is 5.14 Å². The minimum atomic E-state index is -4.23. The molecular weight excluding hydrogens is 295 g/mol. The number of nitrogens with zero attached hydrogens (tertiary/aromatic N) is 2. The van der Waals surface area contributed by atoms with E-state index in [-0.39, 0.29) is 17.9 Å². The Balaban J connectivity index is 3.07. The minimum Gasteiger partial charge on any atom is -0.268 e. The first kappa shape index (κ1) is 17.0. The van der Waals surface area contributed by atoms with Crippen LogP contribution in [0.15, 0.2) is 4.90 Å². The Morgan fingerprint density at radius 2 is 1.85 bits per heavy atom. The molecule has 0 aliphatic rings.